The van der Waals surface area contributed by atoms with E-state index in [4.69, 9.17) is 4.74 Å². The Morgan fingerprint density at radius 2 is 1.83 bits per heavy atom. The molecule has 0 aliphatic carbocycles. The second-order valence-electron chi connectivity index (χ2n) is 7.63. The Morgan fingerprint density at radius 3 is 2.43 bits per heavy atom. The van der Waals surface area contributed by atoms with Crippen molar-refractivity contribution in [2.24, 2.45) is 0 Å². The summed E-state index contributed by atoms with van der Waals surface area (Å²) in [5.74, 6) is -0.893. The number of rotatable bonds is 6. The number of hydrogen-bond donors (Lipinski definition) is 1. The summed E-state index contributed by atoms with van der Waals surface area (Å²) in [6, 6.07) is 10.1. The van der Waals surface area contributed by atoms with Crippen molar-refractivity contribution in [2.45, 2.75) is 46.6 Å². The van der Waals surface area contributed by atoms with Gasteiger partial charge in [0.25, 0.3) is 5.91 Å². The molecule has 0 bridgehead atoms. The van der Waals surface area contributed by atoms with Crippen molar-refractivity contribution >= 4 is 22.7 Å². The SMILES string of the molecule is CCC(C)NC(=O)Cc1c(C)n(C(=O)c2ccc(C)cc2)c2cc(F)c(OC)cc12. The fraction of sp³-hybridized carbons (Fsp3) is 0.333. The van der Waals surface area contributed by atoms with Crippen molar-refractivity contribution in [1.82, 2.24) is 9.88 Å². The Labute approximate surface area is 175 Å². The number of aryl methyl sites for hydroxylation is 1. The van der Waals surface area contributed by atoms with Crippen LogP contribution < -0.4 is 10.1 Å². The summed E-state index contributed by atoms with van der Waals surface area (Å²) in [7, 11) is 1.39. The minimum absolute atomic E-state index is 0.0485. The summed E-state index contributed by atoms with van der Waals surface area (Å²) < 4.78 is 21.1. The summed E-state index contributed by atoms with van der Waals surface area (Å²) in [5.41, 5.74) is 3.25. The van der Waals surface area contributed by atoms with Crippen molar-refractivity contribution < 1.29 is 18.7 Å². The molecule has 5 nitrogen and oxygen atoms in total. The van der Waals surface area contributed by atoms with Crippen LogP contribution in [0.3, 0.4) is 0 Å². The molecule has 1 unspecified atom stereocenters. The lowest BCUT2D eigenvalue weighted by Gasteiger charge is -2.12. The molecule has 1 heterocycles. The van der Waals surface area contributed by atoms with Gasteiger partial charge >= 0.3 is 0 Å². The Bertz CT molecular complexity index is 1100. The largest absolute Gasteiger partial charge is 0.494 e. The van der Waals surface area contributed by atoms with Crippen LogP contribution in [-0.4, -0.2) is 29.5 Å². The van der Waals surface area contributed by atoms with Crippen LogP contribution in [-0.2, 0) is 11.2 Å². The van der Waals surface area contributed by atoms with Gasteiger partial charge < -0.3 is 10.1 Å². The van der Waals surface area contributed by atoms with Gasteiger partial charge in [-0.1, -0.05) is 24.6 Å². The smallest absolute Gasteiger partial charge is 0.262 e. The van der Waals surface area contributed by atoms with Crippen LogP contribution in [0.15, 0.2) is 36.4 Å². The first-order chi connectivity index (χ1) is 14.3. The number of fused-ring (bicyclic) bond motifs is 1. The number of nitrogens with one attached hydrogen (secondary N) is 1. The van der Waals surface area contributed by atoms with Crippen LogP contribution >= 0.6 is 0 Å². The number of amides is 1. The molecule has 3 rings (SSSR count). The quantitative estimate of drug-likeness (QED) is 0.648. The van der Waals surface area contributed by atoms with Gasteiger partial charge in [-0.15, -0.1) is 0 Å². The van der Waals surface area contributed by atoms with Gasteiger partial charge in [0.05, 0.1) is 19.0 Å². The van der Waals surface area contributed by atoms with Crippen LogP contribution in [0.2, 0.25) is 0 Å². The van der Waals surface area contributed by atoms with E-state index in [0.717, 1.165) is 12.0 Å². The molecule has 1 amide bonds. The van der Waals surface area contributed by atoms with Crippen LogP contribution in [0.1, 0.15) is 47.4 Å². The van der Waals surface area contributed by atoms with Gasteiger partial charge in [0.15, 0.2) is 11.6 Å². The maximum Gasteiger partial charge on any atom is 0.262 e. The third-order valence-electron chi connectivity index (χ3n) is 5.47. The van der Waals surface area contributed by atoms with Crippen molar-refractivity contribution in [3.63, 3.8) is 0 Å². The van der Waals surface area contributed by atoms with Crippen molar-refractivity contribution in [3.8, 4) is 5.75 Å². The maximum atomic E-state index is 14.5. The molecular weight excluding hydrogens is 383 g/mol. The van der Waals surface area contributed by atoms with E-state index in [9.17, 15) is 14.0 Å². The molecule has 1 N–H and O–H groups in total. The predicted molar refractivity (Wildman–Crippen MR) is 116 cm³/mol. The van der Waals surface area contributed by atoms with Gasteiger partial charge in [0.2, 0.25) is 5.91 Å². The number of ether oxygens (including phenoxy) is 1. The van der Waals surface area contributed by atoms with E-state index in [0.29, 0.717) is 27.7 Å². The first kappa shape index (κ1) is 21.6. The summed E-state index contributed by atoms with van der Waals surface area (Å²) >= 11 is 0. The Morgan fingerprint density at radius 1 is 1.17 bits per heavy atom. The maximum absolute atomic E-state index is 14.5. The first-order valence-corrected chi connectivity index (χ1v) is 10.0. The molecule has 0 aliphatic rings. The summed E-state index contributed by atoms with van der Waals surface area (Å²) in [5, 5.41) is 3.58. The number of hydrogen-bond acceptors (Lipinski definition) is 3. The van der Waals surface area contributed by atoms with Gasteiger partial charge in [-0.3, -0.25) is 14.2 Å². The van der Waals surface area contributed by atoms with E-state index in [1.165, 1.54) is 17.7 Å². The monoisotopic (exact) mass is 410 g/mol. The molecular formula is C24H27FN2O3. The van der Waals surface area contributed by atoms with E-state index in [2.05, 4.69) is 5.32 Å². The van der Waals surface area contributed by atoms with E-state index in [1.54, 1.807) is 25.1 Å². The zero-order valence-corrected chi connectivity index (χ0v) is 18.0. The zero-order valence-electron chi connectivity index (χ0n) is 18.0. The molecule has 0 aliphatic heterocycles. The molecule has 0 fully saturated rings. The summed E-state index contributed by atoms with van der Waals surface area (Å²) in [6.45, 7) is 7.66. The van der Waals surface area contributed by atoms with E-state index >= 15 is 0 Å². The molecule has 158 valence electrons. The average molecular weight is 410 g/mol. The third kappa shape index (κ3) is 4.08. The van der Waals surface area contributed by atoms with Gasteiger partial charge in [0, 0.05) is 28.8 Å². The van der Waals surface area contributed by atoms with Gasteiger partial charge in [-0.05, 0) is 51.0 Å². The van der Waals surface area contributed by atoms with Gasteiger partial charge in [-0.25, -0.2) is 4.39 Å². The fourth-order valence-electron chi connectivity index (χ4n) is 3.54. The minimum atomic E-state index is -0.559. The number of aromatic nitrogens is 1. The van der Waals surface area contributed by atoms with Crippen LogP contribution in [0.25, 0.3) is 10.9 Å². The van der Waals surface area contributed by atoms with Crippen molar-refractivity contribution in [1.29, 1.82) is 0 Å². The number of nitrogens with zero attached hydrogens (tertiary/aromatic N) is 1. The van der Waals surface area contributed by atoms with E-state index < -0.39 is 5.82 Å². The number of halogens is 1. The summed E-state index contributed by atoms with van der Waals surface area (Å²) in [4.78, 5) is 25.9. The minimum Gasteiger partial charge on any atom is -0.494 e. The Kier molecular flexibility index (Phi) is 6.25. The summed E-state index contributed by atoms with van der Waals surface area (Å²) in [6.07, 6.45) is 0.910. The Balaban J connectivity index is 2.16. The van der Waals surface area contributed by atoms with Crippen LogP contribution in [0.5, 0.6) is 5.75 Å². The lowest BCUT2D eigenvalue weighted by molar-refractivity contribution is -0.121. The van der Waals surface area contributed by atoms with Crippen molar-refractivity contribution in [2.75, 3.05) is 7.11 Å². The topological polar surface area (TPSA) is 60.3 Å². The molecule has 0 saturated carbocycles. The fourth-order valence-corrected chi connectivity index (χ4v) is 3.54. The lowest BCUT2D eigenvalue weighted by atomic mass is 10.1. The molecule has 1 atom stereocenters. The standard InChI is InChI=1S/C24H27FN2O3/c1-6-15(3)26-23(28)12-18-16(4)27(24(29)17-9-7-14(2)8-10-17)21-13-20(25)22(30-5)11-19(18)21/h7-11,13,15H,6,12H2,1-5H3,(H,26,28). The van der Waals surface area contributed by atoms with E-state index in [1.807, 2.05) is 32.9 Å². The lowest BCUT2D eigenvalue weighted by Crippen LogP contribution is -2.33. The highest BCUT2D eigenvalue weighted by atomic mass is 19.1. The molecule has 0 spiro atoms. The second kappa shape index (κ2) is 8.69. The van der Waals surface area contributed by atoms with E-state index in [-0.39, 0.29) is 30.0 Å². The first-order valence-electron chi connectivity index (χ1n) is 10.0. The highest BCUT2D eigenvalue weighted by Crippen LogP contribution is 2.32. The molecule has 1 aromatic heterocycles. The molecule has 6 heteroatoms. The van der Waals surface area contributed by atoms with Crippen LogP contribution in [0.4, 0.5) is 4.39 Å². The molecule has 0 radical (unpaired) electrons. The zero-order chi connectivity index (χ0) is 22.0. The molecule has 3 aromatic rings. The second-order valence-corrected chi connectivity index (χ2v) is 7.63. The number of carbonyl (C=O) groups excluding carboxylic acids is 2. The average Bonchev–Trinajstić information content (AvgIpc) is 2.97. The number of benzene rings is 2. The number of methoxy groups -OCH3 is 1. The Hall–Kier alpha value is -3.15. The normalized spacial score (nSPS) is 12.1. The van der Waals surface area contributed by atoms with Crippen molar-refractivity contribution in [3.05, 3.63) is 64.6 Å². The van der Waals surface area contributed by atoms with Crippen LogP contribution in [0, 0.1) is 19.7 Å². The highest BCUT2D eigenvalue weighted by Gasteiger charge is 2.23. The molecule has 0 saturated heterocycles. The molecule has 2 aromatic carbocycles. The third-order valence-corrected chi connectivity index (χ3v) is 5.47. The highest BCUT2D eigenvalue weighted by molar-refractivity contribution is 6.05. The number of carbonyl (C=O) groups is 2. The van der Waals surface area contributed by atoms with Gasteiger partial charge in [0.1, 0.15) is 0 Å². The molecule has 30 heavy (non-hydrogen) atoms. The predicted octanol–water partition coefficient (Wildman–Crippen LogP) is 4.55. The van der Waals surface area contributed by atoms with Gasteiger partial charge in [-0.2, -0.15) is 0 Å².